The minimum absolute atomic E-state index is 0.157. The third-order valence-electron chi connectivity index (χ3n) is 5.04. The van der Waals surface area contributed by atoms with Gasteiger partial charge in [-0.25, -0.2) is 0 Å². The van der Waals surface area contributed by atoms with Crippen LogP contribution in [0.2, 0.25) is 5.02 Å². The summed E-state index contributed by atoms with van der Waals surface area (Å²) in [5.74, 6) is 0.0703. The molecule has 1 aliphatic rings. The zero-order chi connectivity index (χ0) is 22.2. The minimum atomic E-state index is -0.193. The van der Waals surface area contributed by atoms with E-state index in [2.05, 4.69) is 27.7 Å². The van der Waals surface area contributed by atoms with Crippen LogP contribution in [0, 0.1) is 0 Å². The summed E-state index contributed by atoms with van der Waals surface area (Å²) in [5, 5.41) is 5.89. The van der Waals surface area contributed by atoms with Gasteiger partial charge >= 0.3 is 0 Å². The first-order chi connectivity index (χ1) is 15.0. The SMILES string of the molecule is CCC(=O)Nc1cc(OC)c(NC(=O)CC2CN(Cc3ccccc3)CCO2)cc1Cl. The van der Waals surface area contributed by atoms with Crippen LogP contribution in [0.1, 0.15) is 25.3 Å². The summed E-state index contributed by atoms with van der Waals surface area (Å²) >= 11 is 6.28. The predicted octanol–water partition coefficient (Wildman–Crippen LogP) is 3.93. The van der Waals surface area contributed by atoms with Gasteiger partial charge in [0.2, 0.25) is 11.8 Å². The van der Waals surface area contributed by atoms with Gasteiger partial charge in [-0.2, -0.15) is 0 Å². The fourth-order valence-electron chi connectivity index (χ4n) is 3.45. The quantitative estimate of drug-likeness (QED) is 0.643. The highest BCUT2D eigenvalue weighted by Gasteiger charge is 2.24. The molecular formula is C23H28ClN3O4. The Morgan fingerprint density at radius 3 is 2.61 bits per heavy atom. The van der Waals surface area contributed by atoms with Crippen LogP contribution < -0.4 is 15.4 Å². The number of nitrogens with one attached hydrogen (secondary N) is 2. The minimum Gasteiger partial charge on any atom is -0.494 e. The Bertz CT molecular complexity index is 907. The monoisotopic (exact) mass is 445 g/mol. The molecule has 1 atom stereocenters. The average Bonchev–Trinajstić information content (AvgIpc) is 2.76. The van der Waals surface area contributed by atoms with Gasteiger partial charge in [0.05, 0.1) is 42.6 Å². The summed E-state index contributed by atoms with van der Waals surface area (Å²) in [4.78, 5) is 26.6. The van der Waals surface area contributed by atoms with Crippen LogP contribution in [0.5, 0.6) is 5.75 Å². The zero-order valence-corrected chi connectivity index (χ0v) is 18.6. The fraction of sp³-hybridized carbons (Fsp3) is 0.391. The number of rotatable bonds is 8. The van der Waals surface area contributed by atoms with Gasteiger partial charge in [0, 0.05) is 32.1 Å². The van der Waals surface area contributed by atoms with Crippen LogP contribution in [0.15, 0.2) is 42.5 Å². The number of nitrogens with zero attached hydrogens (tertiary/aromatic N) is 1. The van der Waals surface area contributed by atoms with E-state index in [4.69, 9.17) is 21.1 Å². The molecule has 0 aromatic heterocycles. The molecule has 0 saturated carbocycles. The highest BCUT2D eigenvalue weighted by Crippen LogP contribution is 2.35. The van der Waals surface area contributed by atoms with Crippen molar-refractivity contribution in [3.63, 3.8) is 0 Å². The van der Waals surface area contributed by atoms with E-state index in [-0.39, 0.29) is 24.3 Å². The second-order valence-corrected chi connectivity index (χ2v) is 7.81. The Morgan fingerprint density at radius 1 is 1.16 bits per heavy atom. The van der Waals surface area contributed by atoms with Gasteiger partial charge < -0.3 is 20.1 Å². The van der Waals surface area contributed by atoms with Crippen LogP contribution in [-0.4, -0.2) is 49.6 Å². The molecule has 0 spiro atoms. The van der Waals surface area contributed by atoms with Crippen LogP contribution in [0.4, 0.5) is 11.4 Å². The maximum Gasteiger partial charge on any atom is 0.227 e. The van der Waals surface area contributed by atoms with Crippen molar-refractivity contribution in [1.82, 2.24) is 4.90 Å². The Labute approximate surface area is 187 Å². The first-order valence-electron chi connectivity index (χ1n) is 10.3. The Balaban J connectivity index is 1.59. The average molecular weight is 446 g/mol. The van der Waals surface area contributed by atoms with E-state index >= 15 is 0 Å². The summed E-state index contributed by atoms with van der Waals surface area (Å²) in [6.07, 6.45) is 0.363. The van der Waals surface area contributed by atoms with Gasteiger partial charge in [0.25, 0.3) is 0 Å². The normalized spacial score (nSPS) is 16.5. The molecule has 0 bridgehead atoms. The molecule has 7 nitrogen and oxygen atoms in total. The molecule has 1 heterocycles. The summed E-state index contributed by atoms with van der Waals surface area (Å²) in [5.41, 5.74) is 2.13. The van der Waals surface area contributed by atoms with Gasteiger partial charge in [-0.15, -0.1) is 0 Å². The number of anilines is 2. The molecule has 1 unspecified atom stereocenters. The maximum atomic E-state index is 12.7. The second kappa shape index (κ2) is 11.1. The molecule has 2 N–H and O–H groups in total. The lowest BCUT2D eigenvalue weighted by molar-refractivity contribution is -0.121. The van der Waals surface area contributed by atoms with E-state index in [0.717, 1.165) is 13.1 Å². The van der Waals surface area contributed by atoms with Crippen molar-refractivity contribution in [2.45, 2.75) is 32.4 Å². The van der Waals surface area contributed by atoms with Crippen LogP contribution >= 0.6 is 11.6 Å². The Hall–Kier alpha value is -2.61. The number of methoxy groups -OCH3 is 1. The number of benzene rings is 2. The smallest absolute Gasteiger partial charge is 0.227 e. The maximum absolute atomic E-state index is 12.7. The lowest BCUT2D eigenvalue weighted by Crippen LogP contribution is -2.43. The first kappa shape index (κ1) is 23.1. The molecule has 1 aliphatic heterocycles. The molecule has 2 amide bonds. The third kappa shape index (κ3) is 6.69. The van der Waals surface area contributed by atoms with Crippen molar-refractivity contribution >= 4 is 34.8 Å². The van der Waals surface area contributed by atoms with Crippen LogP contribution in [0.3, 0.4) is 0 Å². The van der Waals surface area contributed by atoms with Crippen molar-refractivity contribution in [1.29, 1.82) is 0 Å². The Kier molecular flexibility index (Phi) is 8.28. The van der Waals surface area contributed by atoms with Crippen molar-refractivity contribution in [3.05, 3.63) is 53.1 Å². The van der Waals surface area contributed by atoms with E-state index in [1.165, 1.54) is 12.7 Å². The third-order valence-corrected chi connectivity index (χ3v) is 5.36. The number of carbonyl (C=O) groups excluding carboxylic acids is 2. The summed E-state index contributed by atoms with van der Waals surface area (Å²) in [7, 11) is 1.50. The van der Waals surface area contributed by atoms with Gasteiger partial charge in [-0.3, -0.25) is 14.5 Å². The molecule has 1 saturated heterocycles. The van der Waals surface area contributed by atoms with Crippen molar-refractivity contribution in [2.75, 3.05) is 37.4 Å². The number of morpholine rings is 1. The number of ether oxygens (including phenoxy) is 2. The van der Waals surface area contributed by atoms with E-state index < -0.39 is 0 Å². The zero-order valence-electron chi connectivity index (χ0n) is 17.8. The number of carbonyl (C=O) groups is 2. The number of halogens is 1. The standard InChI is InChI=1S/C23H28ClN3O4/c1-3-22(28)25-19-13-21(30-2)20(12-18(19)24)26-23(29)11-17-15-27(9-10-31-17)14-16-7-5-4-6-8-16/h4-8,12-13,17H,3,9-11,14-15H2,1-2H3,(H,25,28)(H,26,29). The molecule has 31 heavy (non-hydrogen) atoms. The Morgan fingerprint density at radius 2 is 1.90 bits per heavy atom. The molecular weight excluding hydrogens is 418 g/mol. The summed E-state index contributed by atoms with van der Waals surface area (Å²) < 4.78 is 11.2. The molecule has 8 heteroatoms. The van der Waals surface area contributed by atoms with Gasteiger partial charge in [0.1, 0.15) is 5.75 Å². The lowest BCUT2D eigenvalue weighted by Gasteiger charge is -2.32. The fourth-order valence-corrected chi connectivity index (χ4v) is 3.66. The molecule has 3 rings (SSSR count). The molecule has 0 aliphatic carbocycles. The topological polar surface area (TPSA) is 79.9 Å². The van der Waals surface area contributed by atoms with E-state index in [1.54, 1.807) is 19.1 Å². The number of hydrogen-bond donors (Lipinski definition) is 2. The van der Waals surface area contributed by atoms with Gasteiger partial charge in [-0.05, 0) is 11.6 Å². The predicted molar refractivity (Wildman–Crippen MR) is 122 cm³/mol. The lowest BCUT2D eigenvalue weighted by atomic mass is 10.1. The van der Waals surface area contributed by atoms with Gasteiger partial charge in [-0.1, -0.05) is 48.9 Å². The molecule has 1 fully saturated rings. The highest BCUT2D eigenvalue weighted by molar-refractivity contribution is 6.34. The van der Waals surface area contributed by atoms with Crippen LogP contribution in [0.25, 0.3) is 0 Å². The molecule has 2 aromatic rings. The molecule has 0 radical (unpaired) electrons. The van der Waals surface area contributed by atoms with Gasteiger partial charge in [0.15, 0.2) is 0 Å². The van der Waals surface area contributed by atoms with Crippen molar-refractivity contribution < 1.29 is 19.1 Å². The van der Waals surface area contributed by atoms with E-state index in [1.807, 2.05) is 18.2 Å². The highest BCUT2D eigenvalue weighted by atomic mass is 35.5. The van der Waals surface area contributed by atoms with Crippen molar-refractivity contribution in [2.24, 2.45) is 0 Å². The largest absolute Gasteiger partial charge is 0.494 e. The second-order valence-electron chi connectivity index (χ2n) is 7.40. The van der Waals surface area contributed by atoms with E-state index in [9.17, 15) is 9.59 Å². The van der Waals surface area contributed by atoms with Crippen molar-refractivity contribution in [3.8, 4) is 5.75 Å². The first-order valence-corrected chi connectivity index (χ1v) is 10.7. The summed E-state index contributed by atoms with van der Waals surface area (Å²) in [6.45, 7) is 4.69. The number of amides is 2. The number of hydrogen-bond acceptors (Lipinski definition) is 5. The molecule has 2 aromatic carbocycles. The van der Waals surface area contributed by atoms with Crippen LogP contribution in [-0.2, 0) is 20.9 Å². The summed E-state index contributed by atoms with van der Waals surface area (Å²) in [6, 6.07) is 13.4. The molecule has 166 valence electrons. The van der Waals surface area contributed by atoms with E-state index in [0.29, 0.717) is 41.7 Å².